The van der Waals surface area contributed by atoms with Gasteiger partial charge in [0.25, 0.3) is 0 Å². The minimum absolute atomic E-state index is 0.337. The van der Waals surface area contributed by atoms with Gasteiger partial charge in [0.15, 0.2) is 0 Å². The highest BCUT2D eigenvalue weighted by Gasteiger charge is 2.11. The van der Waals surface area contributed by atoms with Gasteiger partial charge in [-0.3, -0.25) is 0 Å². The smallest absolute Gasteiger partial charge is 0.356 e. The Morgan fingerprint density at radius 1 is 1.42 bits per heavy atom. The van der Waals surface area contributed by atoms with Crippen LogP contribution in [-0.2, 0) is 9.53 Å². The number of rotatable bonds is 6. The second-order valence-corrected chi connectivity index (χ2v) is 4.08. The minimum Gasteiger partial charge on any atom is -0.497 e. The Kier molecular flexibility index (Phi) is 5.73. The molecule has 0 aliphatic carbocycles. The van der Waals surface area contributed by atoms with Crippen molar-refractivity contribution in [2.24, 2.45) is 0 Å². The van der Waals surface area contributed by atoms with Gasteiger partial charge in [-0.25, -0.2) is 4.79 Å². The normalized spacial score (nSPS) is 10.8. The van der Waals surface area contributed by atoms with Gasteiger partial charge < -0.3 is 19.7 Å². The van der Waals surface area contributed by atoms with Crippen molar-refractivity contribution in [2.75, 3.05) is 33.1 Å². The first-order valence-electron chi connectivity index (χ1n) is 6.03. The van der Waals surface area contributed by atoms with Crippen LogP contribution in [0.3, 0.4) is 0 Å². The van der Waals surface area contributed by atoms with Crippen molar-refractivity contribution in [2.45, 2.75) is 6.92 Å². The number of methoxy groups -OCH3 is 1. The first kappa shape index (κ1) is 14.9. The number of carbonyl (C=O) groups is 1. The van der Waals surface area contributed by atoms with E-state index in [9.17, 15) is 4.79 Å². The molecule has 19 heavy (non-hydrogen) atoms. The summed E-state index contributed by atoms with van der Waals surface area (Å²) in [5.41, 5.74) is 1.14. The molecule has 0 radical (unpaired) electrons. The summed E-state index contributed by atoms with van der Waals surface area (Å²) in [5.74, 6) is 0.331. The van der Waals surface area contributed by atoms with Gasteiger partial charge in [0.2, 0.25) is 0 Å². The molecule has 0 bridgehead atoms. The Balaban J connectivity index is 2.90. The summed E-state index contributed by atoms with van der Waals surface area (Å²) in [5, 5.41) is 3.03. The number of hydrogen-bond donors (Lipinski definition) is 1. The molecule has 1 rings (SSSR count). The van der Waals surface area contributed by atoms with Gasteiger partial charge in [0, 0.05) is 32.0 Å². The fourth-order valence-corrected chi connectivity index (χ4v) is 1.46. The highest BCUT2D eigenvalue weighted by Crippen LogP contribution is 2.18. The zero-order valence-corrected chi connectivity index (χ0v) is 11.8. The van der Waals surface area contributed by atoms with E-state index in [1.165, 1.54) is 0 Å². The lowest BCUT2D eigenvalue weighted by Crippen LogP contribution is -2.18. The number of ether oxygens (including phenoxy) is 2. The molecule has 0 spiro atoms. The zero-order valence-electron chi connectivity index (χ0n) is 11.8. The third-order valence-electron chi connectivity index (χ3n) is 2.23. The minimum atomic E-state index is -0.390. The van der Waals surface area contributed by atoms with Crippen LogP contribution in [0.5, 0.6) is 5.75 Å². The molecule has 104 valence electrons. The number of anilines is 1. The zero-order chi connectivity index (χ0) is 14.3. The summed E-state index contributed by atoms with van der Waals surface area (Å²) in [6.07, 6.45) is 1.68. The van der Waals surface area contributed by atoms with Crippen LogP contribution in [0.1, 0.15) is 6.92 Å². The maximum absolute atomic E-state index is 11.8. The van der Waals surface area contributed by atoms with Crippen LogP contribution >= 0.6 is 0 Å². The van der Waals surface area contributed by atoms with Gasteiger partial charge in [-0.15, -0.1) is 0 Å². The molecule has 0 aromatic heterocycles. The highest BCUT2D eigenvalue weighted by molar-refractivity contribution is 5.91. The molecular formula is C14H20N2O3. The van der Waals surface area contributed by atoms with Crippen LogP contribution in [0.4, 0.5) is 5.69 Å². The monoisotopic (exact) mass is 264 g/mol. The van der Waals surface area contributed by atoms with Crippen molar-refractivity contribution >= 4 is 11.7 Å². The van der Waals surface area contributed by atoms with Crippen LogP contribution in [0, 0.1) is 0 Å². The predicted molar refractivity (Wildman–Crippen MR) is 75.0 cm³/mol. The van der Waals surface area contributed by atoms with Crippen LogP contribution in [0.25, 0.3) is 0 Å². The van der Waals surface area contributed by atoms with Gasteiger partial charge in [-0.05, 0) is 19.1 Å². The Morgan fingerprint density at radius 3 is 2.74 bits per heavy atom. The highest BCUT2D eigenvalue weighted by atomic mass is 16.5. The van der Waals surface area contributed by atoms with Gasteiger partial charge >= 0.3 is 5.97 Å². The Bertz CT molecular complexity index is 456. The molecule has 0 fully saturated rings. The molecule has 1 aromatic carbocycles. The molecule has 5 nitrogen and oxygen atoms in total. The molecule has 0 aliphatic heterocycles. The van der Waals surface area contributed by atoms with Crippen molar-refractivity contribution in [1.29, 1.82) is 0 Å². The summed E-state index contributed by atoms with van der Waals surface area (Å²) in [6.45, 7) is 2.11. The lowest BCUT2D eigenvalue weighted by atomic mass is 10.3. The standard InChI is InChI=1S/C14H20N2O3/c1-5-19-14(17)13(10-16(2)3)15-11-7-6-8-12(9-11)18-4/h6-10,15H,5H2,1-4H3/b13-10+. The first-order valence-corrected chi connectivity index (χ1v) is 6.03. The molecule has 0 saturated carbocycles. The molecule has 0 atom stereocenters. The van der Waals surface area contributed by atoms with Crippen LogP contribution < -0.4 is 10.1 Å². The number of nitrogens with one attached hydrogen (secondary N) is 1. The molecular weight excluding hydrogens is 244 g/mol. The number of nitrogens with zero attached hydrogens (tertiary/aromatic N) is 1. The Hall–Kier alpha value is -2.17. The quantitative estimate of drug-likeness (QED) is 0.629. The fraction of sp³-hybridized carbons (Fsp3) is 0.357. The molecule has 0 saturated heterocycles. The number of esters is 1. The summed E-state index contributed by atoms with van der Waals surface area (Å²) < 4.78 is 10.1. The summed E-state index contributed by atoms with van der Waals surface area (Å²) in [7, 11) is 5.28. The van der Waals surface area contributed by atoms with E-state index in [-0.39, 0.29) is 5.97 Å². The molecule has 5 heteroatoms. The second-order valence-electron chi connectivity index (χ2n) is 4.08. The second kappa shape index (κ2) is 7.31. The lowest BCUT2D eigenvalue weighted by Gasteiger charge is -2.14. The molecule has 1 aromatic rings. The maximum Gasteiger partial charge on any atom is 0.356 e. The van der Waals surface area contributed by atoms with Crippen LogP contribution in [0.15, 0.2) is 36.2 Å². The van der Waals surface area contributed by atoms with E-state index in [2.05, 4.69) is 5.32 Å². The molecule has 0 unspecified atom stereocenters. The average Bonchev–Trinajstić information content (AvgIpc) is 2.38. The van der Waals surface area contributed by atoms with Crippen molar-refractivity contribution in [1.82, 2.24) is 4.90 Å². The van der Waals surface area contributed by atoms with Gasteiger partial charge in [-0.1, -0.05) is 6.07 Å². The van der Waals surface area contributed by atoms with E-state index in [1.807, 2.05) is 38.4 Å². The lowest BCUT2D eigenvalue weighted by molar-refractivity contribution is -0.138. The van der Waals surface area contributed by atoms with Crippen molar-refractivity contribution in [3.05, 3.63) is 36.2 Å². The maximum atomic E-state index is 11.8. The van der Waals surface area contributed by atoms with E-state index in [4.69, 9.17) is 9.47 Å². The summed E-state index contributed by atoms with van der Waals surface area (Å²) >= 11 is 0. The Morgan fingerprint density at radius 2 is 2.16 bits per heavy atom. The fourth-order valence-electron chi connectivity index (χ4n) is 1.46. The largest absolute Gasteiger partial charge is 0.497 e. The van der Waals surface area contributed by atoms with Crippen molar-refractivity contribution < 1.29 is 14.3 Å². The summed E-state index contributed by atoms with van der Waals surface area (Å²) in [4.78, 5) is 13.6. The van der Waals surface area contributed by atoms with Gasteiger partial charge in [0.05, 0.1) is 13.7 Å². The van der Waals surface area contributed by atoms with Crippen molar-refractivity contribution in [3.63, 3.8) is 0 Å². The number of benzene rings is 1. The first-order chi connectivity index (χ1) is 9.06. The predicted octanol–water partition coefficient (Wildman–Crippen LogP) is 2.07. The van der Waals surface area contributed by atoms with Crippen LogP contribution in [0.2, 0.25) is 0 Å². The average molecular weight is 264 g/mol. The third-order valence-corrected chi connectivity index (χ3v) is 2.23. The summed E-state index contributed by atoms with van der Waals surface area (Å²) in [6, 6.07) is 7.35. The molecule has 0 amide bonds. The van der Waals surface area contributed by atoms with E-state index in [0.717, 1.165) is 11.4 Å². The molecule has 0 heterocycles. The van der Waals surface area contributed by atoms with Crippen molar-refractivity contribution in [3.8, 4) is 5.75 Å². The van der Waals surface area contributed by atoms with Gasteiger partial charge in [0.1, 0.15) is 11.4 Å². The van der Waals surface area contributed by atoms with E-state index in [1.54, 1.807) is 25.1 Å². The van der Waals surface area contributed by atoms with Crippen LogP contribution in [-0.4, -0.2) is 38.7 Å². The Labute approximate surface area is 113 Å². The number of carbonyl (C=O) groups excluding carboxylic acids is 1. The van der Waals surface area contributed by atoms with E-state index < -0.39 is 0 Å². The van der Waals surface area contributed by atoms with Gasteiger partial charge in [-0.2, -0.15) is 0 Å². The SMILES string of the molecule is CCOC(=O)/C(=C\N(C)C)Nc1cccc(OC)c1. The number of hydrogen-bond acceptors (Lipinski definition) is 5. The third kappa shape index (κ3) is 4.91. The molecule has 0 aliphatic rings. The molecule has 1 N–H and O–H groups in total. The van der Waals surface area contributed by atoms with E-state index in [0.29, 0.717) is 12.3 Å². The topological polar surface area (TPSA) is 50.8 Å². The van der Waals surface area contributed by atoms with E-state index >= 15 is 0 Å².